The second-order valence-electron chi connectivity index (χ2n) is 4.48. The summed E-state index contributed by atoms with van der Waals surface area (Å²) < 4.78 is 55.1. The predicted octanol–water partition coefficient (Wildman–Crippen LogP) is 0.331. The Bertz CT molecular complexity index is 388. The maximum atomic E-state index is 9.79. The fourth-order valence-electron chi connectivity index (χ4n) is 1.05. The predicted molar refractivity (Wildman–Crippen MR) is 96.9 cm³/mol. The smallest absolute Gasteiger partial charge is 0.264 e. The molecule has 0 aliphatic carbocycles. The lowest BCUT2D eigenvalue weighted by Gasteiger charge is -1.99. The minimum atomic E-state index is -3.67. The van der Waals surface area contributed by atoms with Gasteiger partial charge >= 0.3 is 0 Å². The molecule has 0 aliphatic heterocycles. The summed E-state index contributed by atoms with van der Waals surface area (Å²) in [5.74, 6) is -0.264. The average molecular weight is 418 g/mol. The summed E-state index contributed by atoms with van der Waals surface area (Å²) in [4.78, 5) is 0. The zero-order valence-corrected chi connectivity index (χ0v) is 16.7. The quantitative estimate of drug-likeness (QED) is 0.249. The first-order valence-corrected chi connectivity index (χ1v) is 10.6. The zero-order valence-electron chi connectivity index (χ0n) is 14.2. The summed E-state index contributed by atoms with van der Waals surface area (Å²) in [6.07, 6.45) is 2.54. The van der Waals surface area contributed by atoms with Crippen LogP contribution in [0.15, 0.2) is 0 Å². The zero-order chi connectivity index (χ0) is 18.8. The van der Waals surface area contributed by atoms with Crippen LogP contribution in [-0.2, 0) is 20.2 Å². The molecule has 0 heterocycles. The Morgan fingerprint density at radius 1 is 0.750 bits per heavy atom. The molecule has 0 spiro atoms. The van der Waals surface area contributed by atoms with Gasteiger partial charge in [-0.05, 0) is 38.8 Å². The highest BCUT2D eigenvalue weighted by atomic mass is 35.5. The Labute approximate surface area is 151 Å². The van der Waals surface area contributed by atoms with Crippen LogP contribution in [0.2, 0.25) is 0 Å². The van der Waals surface area contributed by atoms with Crippen LogP contribution in [0.25, 0.3) is 0 Å². The molecule has 0 saturated carbocycles. The number of hydrogen-bond acceptors (Lipinski definition) is 7. The number of aliphatic hydroxyl groups excluding tert-OH is 2. The first-order chi connectivity index (χ1) is 10.5. The van der Waals surface area contributed by atoms with Crippen LogP contribution in [0.5, 0.6) is 0 Å². The first-order valence-electron chi connectivity index (χ1n) is 7.36. The second-order valence-corrected chi connectivity index (χ2v) is 7.62. The Hall–Kier alpha value is -0.0100. The Balaban J connectivity index is -0.000000124. The van der Waals surface area contributed by atoms with Gasteiger partial charge in [0.1, 0.15) is 0 Å². The molecule has 0 saturated heterocycles. The molecule has 9 nitrogen and oxygen atoms in total. The highest BCUT2D eigenvalue weighted by Gasteiger charge is 1.98. The molecule has 0 aromatic rings. The van der Waals surface area contributed by atoms with Crippen molar-refractivity contribution in [2.75, 3.05) is 37.8 Å². The van der Waals surface area contributed by atoms with Crippen molar-refractivity contribution in [3.05, 3.63) is 0 Å². The fourth-order valence-corrected chi connectivity index (χ4v) is 2.08. The maximum absolute atomic E-state index is 9.79. The molecule has 0 amide bonds. The van der Waals surface area contributed by atoms with E-state index in [-0.39, 0.29) is 37.1 Å². The Morgan fingerprint density at radius 2 is 1.04 bits per heavy atom. The number of halogens is 1. The average Bonchev–Trinajstić information content (AvgIpc) is 2.37. The largest absolute Gasteiger partial charge is 0.396 e. The lowest BCUT2D eigenvalue weighted by molar-refractivity contribution is 0.276. The van der Waals surface area contributed by atoms with Gasteiger partial charge < -0.3 is 15.5 Å². The standard InChI is InChI=1S/C6H15NO2.2C3H8O3S.ClH/c8-5-1-3-7-4-2-6-9;2*1-2-3-7(4,5)6;/h7-9H,1-6H2;2*2-3H2,1H3,(H,4,5,6);1H. The minimum Gasteiger partial charge on any atom is -0.396 e. The SMILES string of the molecule is CCCS(=O)(=O)O.CCCS(=O)(=O)O.Cl.OCCCNCCCO. The fraction of sp³-hybridized carbons (Fsp3) is 1.00. The molecule has 5 N–H and O–H groups in total. The molecule has 0 rings (SSSR count). The van der Waals surface area contributed by atoms with Crippen molar-refractivity contribution < 1.29 is 36.2 Å². The highest BCUT2D eigenvalue weighted by molar-refractivity contribution is 7.86. The molecule has 24 heavy (non-hydrogen) atoms. The van der Waals surface area contributed by atoms with Gasteiger partial charge in [-0.25, -0.2) is 0 Å². The molecule has 0 radical (unpaired) electrons. The molecule has 0 atom stereocenters. The number of nitrogens with one attached hydrogen (secondary N) is 1. The van der Waals surface area contributed by atoms with E-state index in [4.69, 9.17) is 19.3 Å². The lowest BCUT2D eigenvalue weighted by Crippen LogP contribution is -2.18. The summed E-state index contributed by atoms with van der Waals surface area (Å²) >= 11 is 0. The van der Waals surface area contributed by atoms with E-state index in [0.717, 1.165) is 25.9 Å². The number of hydrogen-bond donors (Lipinski definition) is 5. The van der Waals surface area contributed by atoms with Crippen molar-refractivity contribution in [3.63, 3.8) is 0 Å². The van der Waals surface area contributed by atoms with Gasteiger partial charge in [-0.3, -0.25) is 9.11 Å². The third-order valence-corrected chi connectivity index (χ3v) is 3.80. The molecule has 0 aromatic carbocycles. The van der Waals surface area contributed by atoms with Crippen LogP contribution in [0, 0.1) is 0 Å². The van der Waals surface area contributed by atoms with E-state index in [1.165, 1.54) is 0 Å². The molecule has 0 aromatic heterocycles. The molecular weight excluding hydrogens is 386 g/mol. The van der Waals surface area contributed by atoms with Crippen LogP contribution in [0.1, 0.15) is 39.5 Å². The maximum Gasteiger partial charge on any atom is 0.264 e. The molecule has 0 bridgehead atoms. The molecular formula is C12H32ClNO8S2. The van der Waals surface area contributed by atoms with Crippen LogP contribution < -0.4 is 5.32 Å². The van der Waals surface area contributed by atoms with Gasteiger partial charge in [0.05, 0.1) is 11.5 Å². The van der Waals surface area contributed by atoms with Crippen molar-refractivity contribution in [1.29, 1.82) is 0 Å². The van der Waals surface area contributed by atoms with E-state index in [2.05, 4.69) is 5.32 Å². The van der Waals surface area contributed by atoms with E-state index in [1.54, 1.807) is 13.8 Å². The van der Waals surface area contributed by atoms with Gasteiger partial charge in [-0.2, -0.15) is 16.8 Å². The van der Waals surface area contributed by atoms with E-state index < -0.39 is 20.2 Å². The van der Waals surface area contributed by atoms with Crippen LogP contribution >= 0.6 is 12.4 Å². The van der Waals surface area contributed by atoms with Crippen LogP contribution in [0.3, 0.4) is 0 Å². The van der Waals surface area contributed by atoms with E-state index in [1.807, 2.05) is 0 Å². The van der Waals surface area contributed by atoms with E-state index in [9.17, 15) is 16.8 Å². The van der Waals surface area contributed by atoms with Crippen molar-refractivity contribution >= 4 is 32.6 Å². The summed E-state index contributed by atoms with van der Waals surface area (Å²) in [6, 6.07) is 0. The summed E-state index contributed by atoms with van der Waals surface area (Å²) in [6.45, 7) is 5.55. The van der Waals surface area contributed by atoms with Crippen molar-refractivity contribution in [1.82, 2.24) is 5.32 Å². The van der Waals surface area contributed by atoms with Crippen molar-refractivity contribution in [2.45, 2.75) is 39.5 Å². The van der Waals surface area contributed by atoms with Gasteiger partial charge in [0.15, 0.2) is 0 Å². The molecule has 0 fully saturated rings. The first kappa shape index (κ1) is 31.7. The monoisotopic (exact) mass is 417 g/mol. The van der Waals surface area contributed by atoms with Gasteiger partial charge in [0.25, 0.3) is 20.2 Å². The van der Waals surface area contributed by atoms with Gasteiger partial charge in [-0.15, -0.1) is 12.4 Å². The van der Waals surface area contributed by atoms with Crippen LogP contribution in [0.4, 0.5) is 0 Å². The summed E-state index contributed by atoms with van der Waals surface area (Å²) in [5, 5.41) is 19.7. The normalized spacial score (nSPS) is 10.6. The van der Waals surface area contributed by atoms with Gasteiger partial charge in [0, 0.05) is 13.2 Å². The number of rotatable bonds is 10. The minimum absolute atomic E-state index is 0. The van der Waals surface area contributed by atoms with Gasteiger partial charge in [0.2, 0.25) is 0 Å². The topological polar surface area (TPSA) is 161 Å². The summed E-state index contributed by atoms with van der Waals surface area (Å²) in [5.41, 5.74) is 0. The highest BCUT2D eigenvalue weighted by Crippen LogP contribution is 1.84. The van der Waals surface area contributed by atoms with Crippen molar-refractivity contribution in [3.8, 4) is 0 Å². The number of aliphatic hydroxyl groups is 2. The van der Waals surface area contributed by atoms with Crippen molar-refractivity contribution in [2.24, 2.45) is 0 Å². The second kappa shape index (κ2) is 21.0. The molecule has 12 heteroatoms. The van der Waals surface area contributed by atoms with E-state index in [0.29, 0.717) is 12.8 Å². The molecule has 152 valence electrons. The van der Waals surface area contributed by atoms with Crippen LogP contribution in [-0.4, -0.2) is 74.0 Å². The molecule has 0 aliphatic rings. The Kier molecular flexibility index (Phi) is 27.8. The third-order valence-electron chi connectivity index (χ3n) is 1.95. The lowest BCUT2D eigenvalue weighted by atomic mass is 10.4. The van der Waals surface area contributed by atoms with E-state index >= 15 is 0 Å². The van der Waals surface area contributed by atoms with Gasteiger partial charge in [-0.1, -0.05) is 13.8 Å². The molecule has 0 unspecified atom stereocenters. The third kappa shape index (κ3) is 49.5. The summed E-state index contributed by atoms with van der Waals surface area (Å²) in [7, 11) is -7.35. The Morgan fingerprint density at radius 3 is 1.17 bits per heavy atom.